The SMILES string of the molecule is CS(=O)(=O)c1nncc(-c2ccc(-c3ccc(-c4cnnc(S(C)(=O)=O)n4)cc3)cc2)n1. The van der Waals surface area contributed by atoms with Crippen LogP contribution in [-0.2, 0) is 19.7 Å². The molecule has 32 heavy (non-hydrogen) atoms. The van der Waals surface area contributed by atoms with Gasteiger partial charge in [-0.05, 0) is 11.1 Å². The highest BCUT2D eigenvalue weighted by atomic mass is 32.2. The maximum atomic E-state index is 11.6. The smallest absolute Gasteiger partial charge is 0.221 e. The van der Waals surface area contributed by atoms with Crippen molar-refractivity contribution in [2.75, 3.05) is 12.5 Å². The van der Waals surface area contributed by atoms with E-state index in [1.165, 1.54) is 12.4 Å². The van der Waals surface area contributed by atoms with Crippen molar-refractivity contribution in [1.29, 1.82) is 0 Å². The van der Waals surface area contributed by atoms with E-state index in [0.717, 1.165) is 23.6 Å². The third kappa shape index (κ3) is 4.65. The van der Waals surface area contributed by atoms with Crippen LogP contribution in [-0.4, -0.2) is 59.7 Å². The van der Waals surface area contributed by atoms with Crippen molar-refractivity contribution in [3.8, 4) is 33.6 Å². The van der Waals surface area contributed by atoms with Crippen LogP contribution >= 0.6 is 0 Å². The first-order valence-electron chi connectivity index (χ1n) is 9.12. The predicted octanol–water partition coefficient (Wildman–Crippen LogP) is 1.86. The Morgan fingerprint density at radius 3 is 1.16 bits per heavy atom. The fourth-order valence-corrected chi connectivity index (χ4v) is 3.75. The molecule has 4 aromatic rings. The fraction of sp³-hybridized carbons (Fsp3) is 0.100. The van der Waals surface area contributed by atoms with Crippen LogP contribution < -0.4 is 0 Å². The molecule has 0 bridgehead atoms. The second-order valence-electron chi connectivity index (χ2n) is 6.95. The summed E-state index contributed by atoms with van der Waals surface area (Å²) in [4.78, 5) is 8.13. The third-order valence-electron chi connectivity index (χ3n) is 4.44. The van der Waals surface area contributed by atoms with Gasteiger partial charge in [0.05, 0.1) is 23.8 Å². The van der Waals surface area contributed by atoms with Crippen molar-refractivity contribution in [1.82, 2.24) is 30.4 Å². The molecule has 0 unspecified atom stereocenters. The summed E-state index contributed by atoms with van der Waals surface area (Å²) in [6, 6.07) is 14.7. The minimum absolute atomic E-state index is 0.326. The Morgan fingerprint density at radius 2 is 0.844 bits per heavy atom. The summed E-state index contributed by atoms with van der Waals surface area (Å²) < 4.78 is 46.6. The predicted molar refractivity (Wildman–Crippen MR) is 116 cm³/mol. The quantitative estimate of drug-likeness (QED) is 0.425. The topological polar surface area (TPSA) is 146 Å². The molecule has 0 N–H and O–H groups in total. The average Bonchev–Trinajstić information content (AvgIpc) is 2.78. The van der Waals surface area contributed by atoms with Crippen molar-refractivity contribution in [3.63, 3.8) is 0 Å². The molecular formula is C20H16N6O4S2. The molecule has 4 rings (SSSR count). The third-order valence-corrected chi connectivity index (χ3v) is 6.11. The molecule has 12 heteroatoms. The second kappa shape index (κ2) is 8.13. The number of sulfone groups is 2. The molecule has 2 aromatic carbocycles. The van der Waals surface area contributed by atoms with E-state index in [9.17, 15) is 16.8 Å². The Bertz CT molecular complexity index is 1390. The van der Waals surface area contributed by atoms with Crippen molar-refractivity contribution in [3.05, 3.63) is 60.9 Å². The number of hydrogen-bond donors (Lipinski definition) is 0. The average molecular weight is 469 g/mol. The zero-order valence-corrected chi connectivity index (χ0v) is 18.5. The first kappa shape index (κ1) is 21.6. The summed E-state index contributed by atoms with van der Waals surface area (Å²) in [6.07, 6.45) is 4.86. The minimum atomic E-state index is -3.55. The van der Waals surface area contributed by atoms with E-state index < -0.39 is 19.7 Å². The highest BCUT2D eigenvalue weighted by Crippen LogP contribution is 2.26. The summed E-state index contributed by atoms with van der Waals surface area (Å²) in [6.45, 7) is 0. The van der Waals surface area contributed by atoms with Gasteiger partial charge in [-0.25, -0.2) is 26.8 Å². The summed E-state index contributed by atoms with van der Waals surface area (Å²) in [5.74, 6) is 0. The number of rotatable bonds is 5. The van der Waals surface area contributed by atoms with Gasteiger partial charge in [0.1, 0.15) is 0 Å². The maximum absolute atomic E-state index is 11.6. The molecule has 0 saturated carbocycles. The van der Waals surface area contributed by atoms with Gasteiger partial charge in [0.15, 0.2) is 0 Å². The second-order valence-corrected chi connectivity index (χ2v) is 10.8. The van der Waals surface area contributed by atoms with Crippen molar-refractivity contribution in [2.45, 2.75) is 10.3 Å². The summed E-state index contributed by atoms with van der Waals surface area (Å²) in [5, 5.41) is 13.9. The van der Waals surface area contributed by atoms with E-state index in [4.69, 9.17) is 0 Å². The van der Waals surface area contributed by atoms with Crippen LogP contribution in [0.25, 0.3) is 33.6 Å². The van der Waals surface area contributed by atoms with E-state index in [1.807, 2.05) is 48.5 Å². The van der Waals surface area contributed by atoms with Gasteiger partial charge >= 0.3 is 0 Å². The molecule has 0 radical (unpaired) electrons. The van der Waals surface area contributed by atoms with E-state index in [2.05, 4.69) is 30.4 Å². The number of aromatic nitrogens is 6. The van der Waals surface area contributed by atoms with Crippen LogP contribution in [0.4, 0.5) is 0 Å². The van der Waals surface area contributed by atoms with Crippen molar-refractivity contribution < 1.29 is 16.8 Å². The van der Waals surface area contributed by atoms with Gasteiger partial charge in [0.25, 0.3) is 10.3 Å². The Hall–Kier alpha value is -3.64. The molecule has 2 aromatic heterocycles. The minimum Gasteiger partial charge on any atom is -0.221 e. The molecule has 2 heterocycles. The molecule has 0 aliphatic rings. The standard InChI is InChI=1S/C20H16N6O4S2/c1-31(27,28)19-23-17(11-21-25-19)15-7-3-13(4-8-15)14-5-9-16(10-6-14)18-12-22-26-20(24-18)32(2,29)30/h3-12H,1-2H3. The molecule has 0 aliphatic heterocycles. The normalized spacial score (nSPS) is 11.9. The number of nitrogens with zero attached hydrogens (tertiary/aromatic N) is 6. The van der Waals surface area contributed by atoms with E-state index in [-0.39, 0.29) is 10.3 Å². The summed E-state index contributed by atoms with van der Waals surface area (Å²) in [7, 11) is -7.11. The molecule has 0 amide bonds. The molecule has 162 valence electrons. The molecule has 10 nitrogen and oxygen atoms in total. The molecule has 0 spiro atoms. The largest absolute Gasteiger partial charge is 0.267 e. The summed E-state index contributed by atoms with van der Waals surface area (Å²) in [5.41, 5.74) is 4.04. The Balaban J connectivity index is 1.60. The van der Waals surface area contributed by atoms with Crippen LogP contribution in [0.5, 0.6) is 0 Å². The molecular weight excluding hydrogens is 452 g/mol. The zero-order valence-electron chi connectivity index (χ0n) is 16.9. The van der Waals surface area contributed by atoms with Gasteiger partial charge < -0.3 is 0 Å². The fourth-order valence-electron chi connectivity index (χ4n) is 2.83. The number of hydrogen-bond acceptors (Lipinski definition) is 10. The molecule has 0 fully saturated rings. The lowest BCUT2D eigenvalue weighted by Crippen LogP contribution is -2.06. The highest BCUT2D eigenvalue weighted by Gasteiger charge is 2.14. The van der Waals surface area contributed by atoms with Gasteiger partial charge in [0.2, 0.25) is 19.7 Å². The first-order valence-corrected chi connectivity index (χ1v) is 12.9. The van der Waals surface area contributed by atoms with Gasteiger partial charge in [0, 0.05) is 23.6 Å². The van der Waals surface area contributed by atoms with E-state index >= 15 is 0 Å². The van der Waals surface area contributed by atoms with Crippen LogP contribution in [0, 0.1) is 0 Å². The van der Waals surface area contributed by atoms with Crippen LogP contribution in [0.3, 0.4) is 0 Å². The Morgan fingerprint density at radius 1 is 0.531 bits per heavy atom. The van der Waals surface area contributed by atoms with Crippen LogP contribution in [0.2, 0.25) is 0 Å². The van der Waals surface area contributed by atoms with Crippen molar-refractivity contribution >= 4 is 19.7 Å². The Labute approximate surface area is 184 Å². The van der Waals surface area contributed by atoms with Gasteiger partial charge in [-0.15, -0.1) is 10.2 Å². The van der Waals surface area contributed by atoms with Crippen molar-refractivity contribution in [2.24, 2.45) is 0 Å². The lowest BCUT2D eigenvalue weighted by molar-refractivity contribution is 0.588. The Kier molecular flexibility index (Phi) is 5.48. The lowest BCUT2D eigenvalue weighted by atomic mass is 10.0. The van der Waals surface area contributed by atoms with Gasteiger partial charge in [-0.3, -0.25) is 0 Å². The van der Waals surface area contributed by atoms with Gasteiger partial charge in [-0.2, -0.15) is 10.2 Å². The van der Waals surface area contributed by atoms with E-state index in [0.29, 0.717) is 22.5 Å². The molecule has 0 atom stereocenters. The zero-order chi connectivity index (χ0) is 22.9. The van der Waals surface area contributed by atoms with Crippen LogP contribution in [0.15, 0.2) is 71.2 Å². The molecule has 0 aliphatic carbocycles. The monoisotopic (exact) mass is 468 g/mol. The maximum Gasteiger partial charge on any atom is 0.267 e. The summed E-state index contributed by atoms with van der Waals surface area (Å²) >= 11 is 0. The van der Waals surface area contributed by atoms with Gasteiger partial charge in [-0.1, -0.05) is 48.5 Å². The number of benzene rings is 2. The van der Waals surface area contributed by atoms with Crippen LogP contribution in [0.1, 0.15) is 0 Å². The molecule has 0 saturated heterocycles. The van der Waals surface area contributed by atoms with E-state index in [1.54, 1.807) is 0 Å². The highest BCUT2D eigenvalue weighted by molar-refractivity contribution is 7.90. The lowest BCUT2D eigenvalue weighted by Gasteiger charge is -2.07. The first-order chi connectivity index (χ1) is 15.1.